The zero-order valence-corrected chi connectivity index (χ0v) is 47.5. The van der Waals surface area contributed by atoms with Crippen molar-refractivity contribution >= 4 is 17.9 Å². The molecule has 0 saturated heterocycles. The van der Waals surface area contributed by atoms with Gasteiger partial charge >= 0.3 is 17.9 Å². The molecule has 0 aromatic carbocycles. The molecule has 0 bridgehead atoms. The summed E-state index contributed by atoms with van der Waals surface area (Å²) in [6, 6.07) is 0. The highest BCUT2D eigenvalue weighted by molar-refractivity contribution is 5.71. The summed E-state index contributed by atoms with van der Waals surface area (Å²) >= 11 is 0. The Hall–Kier alpha value is -2.63. The minimum absolute atomic E-state index is 0.0764. The molecular formula is C65H118O6. The summed E-state index contributed by atoms with van der Waals surface area (Å²) in [5.41, 5.74) is 0. The summed E-state index contributed by atoms with van der Waals surface area (Å²) in [4.78, 5) is 38.3. The van der Waals surface area contributed by atoms with Crippen molar-refractivity contribution in [2.24, 2.45) is 0 Å². The van der Waals surface area contributed by atoms with Crippen LogP contribution in [-0.4, -0.2) is 37.2 Å². The number of carbonyl (C=O) groups is 3. The van der Waals surface area contributed by atoms with E-state index in [1.54, 1.807) is 0 Å². The van der Waals surface area contributed by atoms with Gasteiger partial charge in [-0.05, 0) is 103 Å². The van der Waals surface area contributed by atoms with Crippen LogP contribution in [0.15, 0.2) is 48.6 Å². The lowest BCUT2D eigenvalue weighted by atomic mass is 10.1. The van der Waals surface area contributed by atoms with Gasteiger partial charge in [0.15, 0.2) is 6.10 Å². The Labute approximate surface area is 441 Å². The average molecular weight is 996 g/mol. The fourth-order valence-corrected chi connectivity index (χ4v) is 9.05. The summed E-state index contributed by atoms with van der Waals surface area (Å²) in [5.74, 6) is -0.874. The second-order valence-electron chi connectivity index (χ2n) is 21.0. The van der Waals surface area contributed by atoms with Gasteiger partial charge in [-0.25, -0.2) is 0 Å². The molecule has 0 unspecified atom stereocenters. The Kier molecular flexibility index (Phi) is 57.7. The van der Waals surface area contributed by atoms with Crippen molar-refractivity contribution in [3.8, 4) is 0 Å². The Morgan fingerprint density at radius 1 is 0.282 bits per heavy atom. The van der Waals surface area contributed by atoms with Crippen molar-refractivity contribution in [1.82, 2.24) is 0 Å². The molecule has 0 amide bonds. The second-order valence-corrected chi connectivity index (χ2v) is 21.0. The molecule has 0 fully saturated rings. The van der Waals surface area contributed by atoms with Crippen LogP contribution < -0.4 is 0 Å². The van der Waals surface area contributed by atoms with E-state index in [0.717, 1.165) is 70.6 Å². The van der Waals surface area contributed by atoms with Gasteiger partial charge in [0.1, 0.15) is 13.2 Å². The fraction of sp³-hybridized carbons (Fsp3) is 0.831. The molecule has 0 N–H and O–H groups in total. The number of rotatable bonds is 57. The highest BCUT2D eigenvalue weighted by Crippen LogP contribution is 2.16. The predicted molar refractivity (Wildman–Crippen MR) is 307 cm³/mol. The van der Waals surface area contributed by atoms with Crippen LogP contribution in [0, 0.1) is 0 Å². The van der Waals surface area contributed by atoms with Gasteiger partial charge in [-0.3, -0.25) is 14.4 Å². The lowest BCUT2D eigenvalue weighted by Gasteiger charge is -2.18. The molecule has 71 heavy (non-hydrogen) atoms. The van der Waals surface area contributed by atoms with Crippen molar-refractivity contribution in [1.29, 1.82) is 0 Å². The van der Waals surface area contributed by atoms with Gasteiger partial charge in [-0.15, -0.1) is 0 Å². The number of ether oxygens (including phenoxy) is 3. The van der Waals surface area contributed by atoms with Gasteiger partial charge in [-0.1, -0.05) is 256 Å². The molecule has 0 radical (unpaired) electrons. The minimum Gasteiger partial charge on any atom is -0.462 e. The topological polar surface area (TPSA) is 78.9 Å². The standard InChI is InChI=1S/C65H118O6/c1-4-7-10-13-16-19-22-25-28-30-32-34-37-40-43-46-49-52-55-58-64(67)70-61-62(60-69-63(66)57-54-51-48-45-42-39-36-27-24-21-18-15-12-9-6-3)71-65(68)59-56-53-50-47-44-41-38-35-33-31-29-26-23-20-17-14-11-8-5-2/h17,20,25-29,36,62H,4-16,18-19,21-24,30-35,37-61H2,1-3H3/b20-17-,28-25-,29-26-,36-27-/t62-/m0/s1. The third-order valence-corrected chi connectivity index (χ3v) is 13.8. The zero-order chi connectivity index (χ0) is 51.4. The van der Waals surface area contributed by atoms with Crippen molar-refractivity contribution in [2.45, 2.75) is 335 Å². The van der Waals surface area contributed by atoms with Gasteiger partial charge in [0.2, 0.25) is 0 Å². The summed E-state index contributed by atoms with van der Waals surface area (Å²) in [7, 11) is 0. The molecule has 0 heterocycles. The Morgan fingerprint density at radius 3 is 0.817 bits per heavy atom. The highest BCUT2D eigenvalue weighted by atomic mass is 16.6. The normalized spacial score (nSPS) is 12.3. The molecule has 0 saturated carbocycles. The van der Waals surface area contributed by atoms with Crippen molar-refractivity contribution in [3.63, 3.8) is 0 Å². The molecule has 0 aliphatic carbocycles. The first-order chi connectivity index (χ1) is 35.0. The molecular weight excluding hydrogens is 877 g/mol. The number of hydrogen-bond donors (Lipinski definition) is 0. The summed E-state index contributed by atoms with van der Waals surface area (Å²) < 4.78 is 16.9. The summed E-state index contributed by atoms with van der Waals surface area (Å²) in [6.07, 6.45) is 73.9. The van der Waals surface area contributed by atoms with Crippen molar-refractivity contribution < 1.29 is 28.6 Å². The lowest BCUT2D eigenvalue weighted by Crippen LogP contribution is -2.30. The highest BCUT2D eigenvalue weighted by Gasteiger charge is 2.19. The quantitative estimate of drug-likeness (QED) is 0.0261. The van der Waals surface area contributed by atoms with E-state index in [1.807, 2.05) is 0 Å². The van der Waals surface area contributed by atoms with E-state index >= 15 is 0 Å². The number of carbonyl (C=O) groups excluding carboxylic acids is 3. The molecule has 0 aliphatic heterocycles. The maximum absolute atomic E-state index is 12.9. The molecule has 6 nitrogen and oxygen atoms in total. The molecule has 6 heteroatoms. The maximum atomic E-state index is 12.9. The number of allylic oxidation sites excluding steroid dienone is 8. The molecule has 0 aliphatic rings. The van der Waals surface area contributed by atoms with Crippen molar-refractivity contribution in [3.05, 3.63) is 48.6 Å². The number of esters is 3. The summed E-state index contributed by atoms with van der Waals surface area (Å²) in [6.45, 7) is 6.64. The van der Waals surface area contributed by atoms with Gasteiger partial charge < -0.3 is 14.2 Å². The molecule has 1 atom stereocenters. The van der Waals surface area contributed by atoms with Gasteiger partial charge in [-0.2, -0.15) is 0 Å². The van der Waals surface area contributed by atoms with E-state index in [4.69, 9.17) is 14.2 Å². The van der Waals surface area contributed by atoms with Crippen molar-refractivity contribution in [2.75, 3.05) is 13.2 Å². The lowest BCUT2D eigenvalue weighted by molar-refractivity contribution is -0.167. The molecule has 414 valence electrons. The predicted octanol–water partition coefficient (Wildman–Crippen LogP) is 21.0. The van der Waals surface area contributed by atoms with Gasteiger partial charge in [0.05, 0.1) is 0 Å². The zero-order valence-electron chi connectivity index (χ0n) is 47.5. The average Bonchev–Trinajstić information content (AvgIpc) is 3.37. The Morgan fingerprint density at radius 2 is 0.507 bits per heavy atom. The van der Waals surface area contributed by atoms with E-state index in [9.17, 15) is 14.4 Å². The van der Waals surface area contributed by atoms with Crippen LogP contribution in [0.1, 0.15) is 329 Å². The number of hydrogen-bond acceptors (Lipinski definition) is 6. The molecule has 0 aromatic heterocycles. The van der Waals surface area contributed by atoms with Gasteiger partial charge in [0.25, 0.3) is 0 Å². The van der Waals surface area contributed by atoms with E-state index < -0.39 is 6.10 Å². The smallest absolute Gasteiger partial charge is 0.306 e. The van der Waals surface area contributed by atoms with Crippen LogP contribution in [0.3, 0.4) is 0 Å². The van der Waals surface area contributed by atoms with Gasteiger partial charge in [0, 0.05) is 19.3 Å². The minimum atomic E-state index is -0.779. The SMILES string of the molecule is CCCCC/C=C\C/C=C\CCCCCCCCCCCC(=O)O[C@@H](COC(=O)CCCCCCC/C=C\CCCCCCCC)COC(=O)CCCCCCCCCCC/C=C\CCCCCCCC. The van der Waals surface area contributed by atoms with Crippen LogP contribution in [-0.2, 0) is 28.6 Å². The molecule has 0 rings (SSSR count). The molecule has 0 aromatic rings. The Bertz CT molecular complexity index is 1230. The largest absolute Gasteiger partial charge is 0.462 e. The second kappa shape index (κ2) is 59.9. The summed E-state index contributed by atoms with van der Waals surface area (Å²) in [5, 5.41) is 0. The van der Waals surface area contributed by atoms with E-state index in [1.165, 1.54) is 218 Å². The van der Waals surface area contributed by atoms with E-state index in [-0.39, 0.29) is 31.1 Å². The van der Waals surface area contributed by atoms with Crippen LogP contribution in [0.25, 0.3) is 0 Å². The van der Waals surface area contributed by atoms with E-state index in [2.05, 4.69) is 69.4 Å². The first-order valence-electron chi connectivity index (χ1n) is 31.1. The van der Waals surface area contributed by atoms with Crippen LogP contribution in [0.2, 0.25) is 0 Å². The third kappa shape index (κ3) is 58.1. The maximum Gasteiger partial charge on any atom is 0.306 e. The monoisotopic (exact) mass is 995 g/mol. The number of unbranched alkanes of at least 4 members (excludes halogenated alkanes) is 38. The molecule has 0 spiro atoms. The Balaban J connectivity index is 4.36. The first kappa shape index (κ1) is 68.4. The van der Waals surface area contributed by atoms with Crippen LogP contribution in [0.4, 0.5) is 0 Å². The first-order valence-corrected chi connectivity index (χ1v) is 31.1. The van der Waals surface area contributed by atoms with Crippen LogP contribution >= 0.6 is 0 Å². The van der Waals surface area contributed by atoms with Crippen LogP contribution in [0.5, 0.6) is 0 Å². The third-order valence-electron chi connectivity index (χ3n) is 13.8. The van der Waals surface area contributed by atoms with E-state index in [0.29, 0.717) is 19.3 Å². The fourth-order valence-electron chi connectivity index (χ4n) is 9.05.